The van der Waals surface area contributed by atoms with Gasteiger partial charge in [-0.1, -0.05) is 6.07 Å². The van der Waals surface area contributed by atoms with Gasteiger partial charge in [0.15, 0.2) is 0 Å². The van der Waals surface area contributed by atoms with Crippen LogP contribution in [0.4, 0.5) is 5.69 Å². The van der Waals surface area contributed by atoms with E-state index in [0.717, 1.165) is 33.2 Å². The summed E-state index contributed by atoms with van der Waals surface area (Å²) in [4.78, 5) is 22.5. The van der Waals surface area contributed by atoms with Crippen molar-refractivity contribution in [3.05, 3.63) is 60.6 Å². The van der Waals surface area contributed by atoms with Crippen molar-refractivity contribution in [1.29, 1.82) is 0 Å². The standard InChI is InChI=1S/C17H14N4O/c22-17(8-11-1-3-14-12(7-11)5-6-18-14)21-13-2-4-15-16(9-13)20-10-19-15/h1-7,9-10,18H,8H2,(H,19,20)(H,21,22). The average Bonchev–Trinajstić information content (AvgIpc) is 3.14. The van der Waals surface area contributed by atoms with Gasteiger partial charge in [0.2, 0.25) is 5.91 Å². The highest BCUT2D eigenvalue weighted by atomic mass is 16.1. The Morgan fingerprint density at radius 3 is 2.95 bits per heavy atom. The van der Waals surface area contributed by atoms with E-state index in [0.29, 0.717) is 6.42 Å². The second-order valence-corrected chi connectivity index (χ2v) is 5.26. The molecule has 0 unspecified atom stereocenters. The molecule has 2 aromatic heterocycles. The molecular weight excluding hydrogens is 276 g/mol. The monoisotopic (exact) mass is 290 g/mol. The number of amides is 1. The molecule has 5 nitrogen and oxygen atoms in total. The molecule has 0 aliphatic carbocycles. The molecule has 2 aromatic carbocycles. The lowest BCUT2D eigenvalue weighted by Crippen LogP contribution is -2.14. The fourth-order valence-corrected chi connectivity index (χ4v) is 2.62. The highest BCUT2D eigenvalue weighted by Gasteiger charge is 2.06. The molecule has 3 N–H and O–H groups in total. The van der Waals surface area contributed by atoms with Gasteiger partial charge in [0.1, 0.15) is 0 Å². The molecule has 0 bridgehead atoms. The molecule has 108 valence electrons. The van der Waals surface area contributed by atoms with Crippen LogP contribution in [0, 0.1) is 0 Å². The summed E-state index contributed by atoms with van der Waals surface area (Å²) >= 11 is 0. The van der Waals surface area contributed by atoms with E-state index in [2.05, 4.69) is 20.3 Å². The van der Waals surface area contributed by atoms with E-state index in [1.165, 1.54) is 0 Å². The number of anilines is 1. The Hall–Kier alpha value is -3.08. The maximum absolute atomic E-state index is 12.2. The van der Waals surface area contributed by atoms with Gasteiger partial charge in [0.05, 0.1) is 23.8 Å². The van der Waals surface area contributed by atoms with Crippen LogP contribution < -0.4 is 5.32 Å². The summed E-state index contributed by atoms with van der Waals surface area (Å²) in [5.74, 6) is -0.0336. The number of H-pyrrole nitrogens is 2. The molecule has 0 saturated carbocycles. The van der Waals surface area contributed by atoms with Crippen molar-refractivity contribution in [2.75, 3.05) is 5.32 Å². The Bertz CT molecular complexity index is 889. The van der Waals surface area contributed by atoms with Crippen LogP contribution in [0.15, 0.2) is 55.0 Å². The predicted molar refractivity (Wildman–Crippen MR) is 86.7 cm³/mol. The van der Waals surface area contributed by atoms with Gasteiger partial charge in [0.25, 0.3) is 0 Å². The molecule has 4 rings (SSSR count). The fourth-order valence-electron chi connectivity index (χ4n) is 2.62. The van der Waals surface area contributed by atoms with Crippen molar-refractivity contribution in [2.24, 2.45) is 0 Å². The van der Waals surface area contributed by atoms with E-state index in [1.54, 1.807) is 6.33 Å². The van der Waals surface area contributed by atoms with Gasteiger partial charge < -0.3 is 15.3 Å². The Balaban J connectivity index is 1.51. The van der Waals surface area contributed by atoms with Gasteiger partial charge in [-0.2, -0.15) is 0 Å². The van der Waals surface area contributed by atoms with Crippen LogP contribution in [0.5, 0.6) is 0 Å². The zero-order valence-corrected chi connectivity index (χ0v) is 11.8. The summed E-state index contributed by atoms with van der Waals surface area (Å²) in [6.45, 7) is 0. The maximum atomic E-state index is 12.2. The predicted octanol–water partition coefficient (Wildman–Crippen LogP) is 3.23. The van der Waals surface area contributed by atoms with Crippen molar-refractivity contribution in [1.82, 2.24) is 15.0 Å². The van der Waals surface area contributed by atoms with Crippen molar-refractivity contribution in [3.8, 4) is 0 Å². The zero-order chi connectivity index (χ0) is 14.9. The lowest BCUT2D eigenvalue weighted by molar-refractivity contribution is -0.115. The molecule has 1 amide bonds. The zero-order valence-electron chi connectivity index (χ0n) is 11.8. The van der Waals surface area contributed by atoms with Gasteiger partial charge >= 0.3 is 0 Å². The Morgan fingerprint density at radius 2 is 2.00 bits per heavy atom. The van der Waals surface area contributed by atoms with E-state index < -0.39 is 0 Å². The van der Waals surface area contributed by atoms with Crippen LogP contribution >= 0.6 is 0 Å². The summed E-state index contributed by atoms with van der Waals surface area (Å²) in [6, 6.07) is 13.6. The number of imidazole rings is 1. The van der Waals surface area contributed by atoms with Gasteiger partial charge in [-0.15, -0.1) is 0 Å². The van der Waals surface area contributed by atoms with Crippen LogP contribution in [-0.2, 0) is 11.2 Å². The molecule has 5 heteroatoms. The first-order valence-electron chi connectivity index (χ1n) is 7.07. The number of fused-ring (bicyclic) bond motifs is 2. The highest BCUT2D eigenvalue weighted by Crippen LogP contribution is 2.17. The van der Waals surface area contributed by atoms with Gasteiger partial charge in [-0.05, 0) is 47.3 Å². The Morgan fingerprint density at radius 1 is 1.05 bits per heavy atom. The number of carbonyl (C=O) groups excluding carboxylic acids is 1. The van der Waals surface area contributed by atoms with Crippen molar-refractivity contribution < 1.29 is 4.79 Å². The van der Waals surface area contributed by atoms with Crippen molar-refractivity contribution in [2.45, 2.75) is 6.42 Å². The topological polar surface area (TPSA) is 73.6 Å². The number of hydrogen-bond acceptors (Lipinski definition) is 2. The second-order valence-electron chi connectivity index (χ2n) is 5.26. The number of aromatic amines is 2. The smallest absolute Gasteiger partial charge is 0.228 e. The summed E-state index contributed by atoms with van der Waals surface area (Å²) in [5, 5.41) is 4.03. The Kier molecular flexibility index (Phi) is 2.89. The molecule has 0 atom stereocenters. The minimum Gasteiger partial charge on any atom is -0.361 e. The highest BCUT2D eigenvalue weighted by molar-refractivity contribution is 5.94. The number of carbonyl (C=O) groups is 1. The number of nitrogens with zero attached hydrogens (tertiary/aromatic N) is 1. The van der Waals surface area contributed by atoms with E-state index in [9.17, 15) is 4.79 Å². The minimum absolute atomic E-state index is 0.0336. The minimum atomic E-state index is -0.0336. The number of nitrogens with one attached hydrogen (secondary N) is 3. The van der Waals surface area contributed by atoms with Crippen LogP contribution in [-0.4, -0.2) is 20.9 Å². The number of rotatable bonds is 3. The fraction of sp³-hybridized carbons (Fsp3) is 0.0588. The Labute approximate surface area is 126 Å². The van der Waals surface area contributed by atoms with Gasteiger partial charge in [-0.3, -0.25) is 4.79 Å². The molecule has 0 aliphatic heterocycles. The second kappa shape index (κ2) is 5.04. The van der Waals surface area contributed by atoms with Crippen molar-refractivity contribution >= 4 is 33.5 Å². The average molecular weight is 290 g/mol. The quantitative estimate of drug-likeness (QED) is 0.542. The molecule has 0 fully saturated rings. The van der Waals surface area contributed by atoms with Crippen LogP contribution in [0.2, 0.25) is 0 Å². The number of aromatic nitrogens is 3. The molecule has 2 heterocycles. The first-order chi connectivity index (χ1) is 10.8. The first kappa shape index (κ1) is 12.6. The lowest BCUT2D eigenvalue weighted by atomic mass is 10.1. The van der Waals surface area contributed by atoms with Crippen molar-refractivity contribution in [3.63, 3.8) is 0 Å². The molecule has 0 radical (unpaired) electrons. The summed E-state index contributed by atoms with van der Waals surface area (Å²) in [7, 11) is 0. The molecule has 4 aromatic rings. The third kappa shape index (κ3) is 2.33. The summed E-state index contributed by atoms with van der Waals surface area (Å²) in [6.07, 6.45) is 3.89. The third-order valence-electron chi connectivity index (χ3n) is 3.69. The SMILES string of the molecule is O=C(Cc1ccc2[nH]ccc2c1)Nc1ccc2nc[nH]c2c1. The summed E-state index contributed by atoms with van der Waals surface area (Å²) < 4.78 is 0. The number of hydrogen-bond donors (Lipinski definition) is 3. The molecule has 0 aliphatic rings. The first-order valence-corrected chi connectivity index (χ1v) is 7.07. The van der Waals surface area contributed by atoms with Gasteiger partial charge in [0, 0.05) is 17.4 Å². The van der Waals surface area contributed by atoms with Gasteiger partial charge in [-0.25, -0.2) is 4.98 Å². The molecule has 0 saturated heterocycles. The van der Waals surface area contributed by atoms with E-state index in [1.807, 2.05) is 48.7 Å². The normalized spacial score (nSPS) is 11.1. The number of benzene rings is 2. The van der Waals surface area contributed by atoms with E-state index in [4.69, 9.17) is 0 Å². The molecule has 22 heavy (non-hydrogen) atoms. The third-order valence-corrected chi connectivity index (χ3v) is 3.69. The van der Waals surface area contributed by atoms with E-state index in [-0.39, 0.29) is 5.91 Å². The largest absolute Gasteiger partial charge is 0.361 e. The lowest BCUT2D eigenvalue weighted by Gasteiger charge is -2.05. The van der Waals surface area contributed by atoms with Crippen LogP contribution in [0.1, 0.15) is 5.56 Å². The van der Waals surface area contributed by atoms with Crippen LogP contribution in [0.25, 0.3) is 21.9 Å². The summed E-state index contributed by atoms with van der Waals surface area (Å²) in [5.41, 5.74) is 4.63. The molecule has 0 spiro atoms. The van der Waals surface area contributed by atoms with Crippen LogP contribution in [0.3, 0.4) is 0 Å². The maximum Gasteiger partial charge on any atom is 0.228 e. The van der Waals surface area contributed by atoms with E-state index >= 15 is 0 Å². The molecular formula is C17H14N4O.